The third kappa shape index (κ3) is 5.51. The third-order valence-electron chi connectivity index (χ3n) is 8.87. The van der Waals surface area contributed by atoms with Gasteiger partial charge in [-0.15, -0.1) is 24.8 Å². The summed E-state index contributed by atoms with van der Waals surface area (Å²) >= 11 is 0. The van der Waals surface area contributed by atoms with E-state index in [0.717, 1.165) is 12.8 Å². The van der Waals surface area contributed by atoms with Crippen LogP contribution in [0.1, 0.15) is 35.2 Å². The van der Waals surface area contributed by atoms with Crippen molar-refractivity contribution in [2.75, 3.05) is 51.5 Å². The van der Waals surface area contributed by atoms with Crippen molar-refractivity contribution in [3.63, 3.8) is 0 Å². The van der Waals surface area contributed by atoms with Gasteiger partial charge in [0.05, 0.1) is 23.8 Å². The number of hydrogen-bond acceptors (Lipinski definition) is 11. The van der Waals surface area contributed by atoms with Crippen LogP contribution in [-0.2, 0) is 20.8 Å². The van der Waals surface area contributed by atoms with Crippen LogP contribution in [0.25, 0.3) is 0 Å². The van der Waals surface area contributed by atoms with Gasteiger partial charge in [-0.05, 0) is 69.8 Å². The lowest BCUT2D eigenvalue weighted by Gasteiger charge is -2.50. The summed E-state index contributed by atoms with van der Waals surface area (Å²) in [7, 11) is 6.65. The highest BCUT2D eigenvalue weighted by molar-refractivity contribution is 6.25. The van der Waals surface area contributed by atoms with Gasteiger partial charge in [0.2, 0.25) is 11.7 Å². The van der Waals surface area contributed by atoms with Gasteiger partial charge in [-0.25, -0.2) is 0 Å². The van der Waals surface area contributed by atoms with Gasteiger partial charge >= 0.3 is 0 Å². The molecule has 1 aromatic carbocycles. The van der Waals surface area contributed by atoms with E-state index in [4.69, 9.17) is 5.73 Å². The van der Waals surface area contributed by atoms with Crippen molar-refractivity contribution in [3.8, 4) is 5.75 Å². The number of carbonyl (C=O) groups excluding carboxylic acids is 4. The fourth-order valence-corrected chi connectivity index (χ4v) is 6.70. The summed E-state index contributed by atoms with van der Waals surface area (Å²) in [5.41, 5.74) is 2.41. The van der Waals surface area contributed by atoms with Gasteiger partial charge in [-0.2, -0.15) is 0 Å². The lowest BCUT2D eigenvalue weighted by Crippen LogP contribution is -2.63. The molecular weight excluding hydrogens is 617 g/mol. The molecule has 0 aromatic heterocycles. The van der Waals surface area contributed by atoms with Crippen molar-refractivity contribution in [1.82, 2.24) is 10.2 Å². The Balaban J connectivity index is 0.00000264. The number of aliphatic hydroxyl groups is 3. The summed E-state index contributed by atoms with van der Waals surface area (Å²) in [6.07, 6.45) is 2.38. The number of ketones is 2. The number of nitrogens with zero attached hydrogens (tertiary/aromatic N) is 2. The maximum absolute atomic E-state index is 14.1. The number of anilines is 2. The number of aromatic hydroxyl groups is 1. The summed E-state index contributed by atoms with van der Waals surface area (Å²) < 4.78 is 0. The van der Waals surface area contributed by atoms with E-state index < -0.39 is 69.7 Å². The molecule has 242 valence electrons. The van der Waals surface area contributed by atoms with E-state index in [1.54, 1.807) is 39.2 Å². The van der Waals surface area contributed by atoms with E-state index in [1.165, 1.54) is 4.90 Å². The van der Waals surface area contributed by atoms with Crippen molar-refractivity contribution in [2.45, 2.75) is 37.3 Å². The van der Waals surface area contributed by atoms with Crippen molar-refractivity contribution < 1.29 is 39.6 Å². The average Bonchev–Trinajstić information content (AvgIpc) is 3.71. The number of rotatable bonds is 8. The highest BCUT2D eigenvalue weighted by atomic mass is 35.5. The molecule has 0 radical (unpaired) electrons. The van der Waals surface area contributed by atoms with Crippen LogP contribution in [0.5, 0.6) is 5.75 Å². The van der Waals surface area contributed by atoms with Crippen LogP contribution in [0.15, 0.2) is 28.7 Å². The quantitative estimate of drug-likeness (QED) is 0.155. The molecule has 0 spiro atoms. The van der Waals surface area contributed by atoms with E-state index in [1.807, 2.05) is 0 Å². The molecule has 0 saturated heterocycles. The lowest BCUT2D eigenvalue weighted by molar-refractivity contribution is -0.148. The number of phenolic OH excluding ortho intramolecular Hbond substituents is 1. The largest absolute Gasteiger partial charge is 0.510 e. The number of hydrogen-bond donors (Lipinski definition) is 7. The fourth-order valence-electron chi connectivity index (χ4n) is 6.70. The number of nitrogens with two attached hydrogens (primary N) is 1. The summed E-state index contributed by atoms with van der Waals surface area (Å²) in [5.74, 6) is -7.11. The van der Waals surface area contributed by atoms with E-state index in [-0.39, 0.29) is 61.0 Å². The molecule has 3 unspecified atom stereocenters. The summed E-state index contributed by atoms with van der Waals surface area (Å²) in [6.45, 7) is 0.722. The monoisotopic (exact) mass is 655 g/mol. The van der Waals surface area contributed by atoms with Crippen molar-refractivity contribution >= 4 is 59.6 Å². The Morgan fingerprint density at radius 3 is 2.27 bits per heavy atom. The number of halogens is 2. The van der Waals surface area contributed by atoms with Gasteiger partial charge in [0, 0.05) is 31.3 Å². The van der Waals surface area contributed by atoms with Crippen LogP contribution in [0, 0.1) is 17.8 Å². The number of allylic oxidation sites excluding steroid dienone is 1. The number of likely N-dealkylation sites (N-methyl/N-ethyl adjacent to an activating group) is 1. The van der Waals surface area contributed by atoms with Crippen molar-refractivity contribution in [1.29, 1.82) is 0 Å². The first-order chi connectivity index (χ1) is 19.7. The molecule has 44 heavy (non-hydrogen) atoms. The SMILES string of the molecule is CN(C)c1cc(NC(=O)CNCC2CC2)c(O)c2c1CC1CC3[C@H](N(C)C)C(O)=C(C(N)=O)C(=O)C3(O)C(O)=C1C2=O.Cl.Cl. The number of aliphatic hydroxyl groups excluding tert-OH is 2. The van der Waals surface area contributed by atoms with Crippen LogP contribution < -0.4 is 21.3 Å². The number of phenols is 1. The predicted octanol–water partition coefficient (Wildman–Crippen LogP) is 0.968. The standard InChI is InChI=1S/C29H37N5O8.2ClH/c1-33(2)17-9-16(32-18(35)11-31-10-12-5-6-12)23(36)20-14(17)7-13-8-15-22(34(3)4)25(38)21(28(30)41)27(40)29(15,42)26(39)19(13)24(20)37;;/h9,12-13,15,22,31,36,38-39,42H,5-8,10-11H2,1-4H3,(H2,30,41)(H,32,35);2*1H/t13?,15?,22-,29?;;/m0../s1. The molecule has 4 atom stereocenters. The highest BCUT2D eigenvalue weighted by Crippen LogP contribution is 2.53. The minimum absolute atomic E-state index is 0. The van der Waals surface area contributed by atoms with Crippen LogP contribution in [0.4, 0.5) is 11.4 Å². The van der Waals surface area contributed by atoms with Gasteiger partial charge < -0.3 is 41.7 Å². The average molecular weight is 657 g/mol. The van der Waals surface area contributed by atoms with Crippen LogP contribution in [0.3, 0.4) is 0 Å². The maximum Gasteiger partial charge on any atom is 0.255 e. The highest BCUT2D eigenvalue weighted by Gasteiger charge is 2.63. The Bertz CT molecular complexity index is 1470. The molecule has 4 aliphatic rings. The first-order valence-corrected chi connectivity index (χ1v) is 13.9. The molecule has 0 bridgehead atoms. The number of Topliss-reactive ketones (excluding diaryl/α,β-unsaturated/α-hetero) is 2. The second-order valence-corrected chi connectivity index (χ2v) is 12.1. The first-order valence-electron chi connectivity index (χ1n) is 13.9. The minimum Gasteiger partial charge on any atom is -0.510 e. The zero-order chi connectivity index (χ0) is 30.8. The number of benzene rings is 1. The van der Waals surface area contributed by atoms with E-state index >= 15 is 0 Å². The van der Waals surface area contributed by atoms with E-state index in [0.29, 0.717) is 23.7 Å². The van der Waals surface area contributed by atoms with Crippen LogP contribution >= 0.6 is 24.8 Å². The van der Waals surface area contributed by atoms with Gasteiger partial charge in [-0.3, -0.25) is 24.1 Å². The normalized spacial score (nSPS) is 25.8. The Morgan fingerprint density at radius 1 is 1.09 bits per heavy atom. The molecule has 2 amide bonds. The van der Waals surface area contributed by atoms with E-state index in [2.05, 4.69) is 10.6 Å². The summed E-state index contributed by atoms with van der Waals surface area (Å²) in [5, 5.41) is 51.1. The number of primary amides is 1. The zero-order valence-corrected chi connectivity index (χ0v) is 26.5. The van der Waals surface area contributed by atoms with Gasteiger partial charge in [-0.1, -0.05) is 0 Å². The van der Waals surface area contributed by atoms with Crippen molar-refractivity contribution in [3.05, 3.63) is 39.9 Å². The molecular formula is C29H39Cl2N5O8. The van der Waals surface area contributed by atoms with Crippen molar-refractivity contribution in [2.24, 2.45) is 23.5 Å². The molecule has 0 aliphatic heterocycles. The minimum atomic E-state index is -2.72. The number of carbonyl (C=O) groups is 4. The summed E-state index contributed by atoms with van der Waals surface area (Å²) in [6, 6.07) is 0.511. The molecule has 8 N–H and O–H groups in total. The van der Waals surface area contributed by atoms with Crippen LogP contribution in [0.2, 0.25) is 0 Å². The Labute approximate surface area is 267 Å². The maximum atomic E-state index is 14.1. The van der Waals surface area contributed by atoms with Crippen LogP contribution in [-0.4, -0.2) is 102 Å². The Hall–Kier alpha value is -3.36. The number of amides is 2. The molecule has 1 fully saturated rings. The van der Waals surface area contributed by atoms with Gasteiger partial charge in [0.25, 0.3) is 5.91 Å². The predicted molar refractivity (Wildman–Crippen MR) is 167 cm³/mol. The molecule has 0 heterocycles. The lowest BCUT2D eigenvalue weighted by atomic mass is 9.58. The summed E-state index contributed by atoms with van der Waals surface area (Å²) in [4.78, 5) is 55.6. The Kier molecular flexibility index (Phi) is 10.0. The molecule has 5 rings (SSSR count). The third-order valence-corrected chi connectivity index (χ3v) is 8.87. The zero-order valence-electron chi connectivity index (χ0n) is 24.8. The second kappa shape index (κ2) is 12.6. The van der Waals surface area contributed by atoms with Gasteiger partial charge in [0.15, 0.2) is 17.1 Å². The van der Waals surface area contributed by atoms with E-state index in [9.17, 15) is 39.6 Å². The fraction of sp³-hybridized carbons (Fsp3) is 0.517. The van der Waals surface area contributed by atoms with Gasteiger partial charge in [0.1, 0.15) is 17.1 Å². The number of fused-ring (bicyclic) bond motifs is 3. The molecule has 15 heteroatoms. The second-order valence-electron chi connectivity index (χ2n) is 12.1. The molecule has 4 aliphatic carbocycles. The smallest absolute Gasteiger partial charge is 0.255 e. The topological polar surface area (TPSA) is 206 Å². The Morgan fingerprint density at radius 2 is 1.73 bits per heavy atom. The molecule has 13 nitrogen and oxygen atoms in total. The molecule has 1 saturated carbocycles. The molecule has 1 aromatic rings. The first kappa shape index (κ1) is 35.1. The number of nitrogens with one attached hydrogen (secondary N) is 2.